The Balaban J connectivity index is 1.78. The second-order valence-corrected chi connectivity index (χ2v) is 6.33. The van der Waals surface area contributed by atoms with Gasteiger partial charge in [-0.15, -0.1) is 11.8 Å². The van der Waals surface area contributed by atoms with Crippen LogP contribution >= 0.6 is 11.8 Å². The quantitative estimate of drug-likeness (QED) is 0.647. The van der Waals surface area contributed by atoms with Gasteiger partial charge in [-0.05, 0) is 29.8 Å². The lowest BCUT2D eigenvalue weighted by atomic mass is 10.1. The van der Waals surface area contributed by atoms with Gasteiger partial charge in [0.1, 0.15) is 0 Å². The van der Waals surface area contributed by atoms with E-state index in [4.69, 9.17) is 4.74 Å². The summed E-state index contributed by atoms with van der Waals surface area (Å²) in [5, 5.41) is 7.67. The van der Waals surface area contributed by atoms with Crippen LogP contribution in [0.25, 0.3) is 10.8 Å². The SMILES string of the molecule is CCOC(=O)C1=C(CSc2ccc3ccccc3c2)NC(=O)NC1. The molecule has 3 rings (SSSR count). The molecule has 0 saturated carbocycles. The van der Waals surface area contributed by atoms with Crippen molar-refractivity contribution in [3.05, 3.63) is 53.7 Å². The predicted molar refractivity (Wildman–Crippen MR) is 94.9 cm³/mol. The van der Waals surface area contributed by atoms with Crippen molar-refractivity contribution in [2.75, 3.05) is 18.9 Å². The highest BCUT2D eigenvalue weighted by molar-refractivity contribution is 7.99. The van der Waals surface area contributed by atoms with Crippen molar-refractivity contribution in [2.45, 2.75) is 11.8 Å². The molecule has 0 aromatic heterocycles. The van der Waals surface area contributed by atoms with Gasteiger partial charge in [-0.3, -0.25) is 0 Å². The number of rotatable bonds is 5. The van der Waals surface area contributed by atoms with Crippen LogP contribution < -0.4 is 10.6 Å². The molecule has 124 valence electrons. The van der Waals surface area contributed by atoms with Crippen LogP contribution in [-0.2, 0) is 9.53 Å². The highest BCUT2D eigenvalue weighted by atomic mass is 32.2. The van der Waals surface area contributed by atoms with E-state index < -0.39 is 0 Å². The van der Waals surface area contributed by atoms with Gasteiger partial charge in [0.25, 0.3) is 0 Å². The van der Waals surface area contributed by atoms with Crippen LogP contribution in [0.1, 0.15) is 6.92 Å². The van der Waals surface area contributed by atoms with Crippen LogP contribution in [0, 0.1) is 0 Å². The largest absolute Gasteiger partial charge is 0.463 e. The molecule has 2 aromatic rings. The molecule has 0 radical (unpaired) electrons. The van der Waals surface area contributed by atoms with E-state index in [1.807, 2.05) is 18.2 Å². The summed E-state index contributed by atoms with van der Waals surface area (Å²) in [4.78, 5) is 24.7. The second-order valence-electron chi connectivity index (χ2n) is 5.28. The molecular weight excluding hydrogens is 324 g/mol. The Morgan fingerprint density at radius 3 is 2.79 bits per heavy atom. The summed E-state index contributed by atoms with van der Waals surface area (Å²) in [6.07, 6.45) is 0. The summed E-state index contributed by atoms with van der Waals surface area (Å²) in [7, 11) is 0. The summed E-state index contributed by atoms with van der Waals surface area (Å²) in [6.45, 7) is 2.26. The number of fused-ring (bicyclic) bond motifs is 1. The third-order valence-electron chi connectivity index (χ3n) is 3.68. The third kappa shape index (κ3) is 3.71. The zero-order valence-electron chi connectivity index (χ0n) is 13.3. The number of amides is 2. The maximum absolute atomic E-state index is 12.0. The van der Waals surface area contributed by atoms with Crippen LogP contribution in [0.2, 0.25) is 0 Å². The average molecular weight is 342 g/mol. The lowest BCUT2D eigenvalue weighted by molar-refractivity contribution is -0.138. The molecule has 5 nitrogen and oxygen atoms in total. The molecule has 0 fully saturated rings. The number of carbonyl (C=O) groups excluding carboxylic acids is 2. The molecule has 0 unspecified atom stereocenters. The van der Waals surface area contributed by atoms with Gasteiger partial charge in [0.15, 0.2) is 0 Å². The summed E-state index contributed by atoms with van der Waals surface area (Å²) in [6, 6.07) is 14.1. The Bertz CT molecular complexity index is 817. The van der Waals surface area contributed by atoms with Crippen molar-refractivity contribution in [1.82, 2.24) is 10.6 Å². The zero-order valence-corrected chi connectivity index (χ0v) is 14.1. The van der Waals surface area contributed by atoms with E-state index in [-0.39, 0.29) is 18.5 Å². The van der Waals surface area contributed by atoms with Crippen LogP contribution in [0.3, 0.4) is 0 Å². The monoisotopic (exact) mass is 342 g/mol. The summed E-state index contributed by atoms with van der Waals surface area (Å²) < 4.78 is 5.06. The minimum absolute atomic E-state index is 0.193. The van der Waals surface area contributed by atoms with Crippen LogP contribution in [0.4, 0.5) is 4.79 Å². The predicted octanol–water partition coefficient (Wildman–Crippen LogP) is 3.06. The van der Waals surface area contributed by atoms with Gasteiger partial charge in [-0.1, -0.05) is 30.3 Å². The number of benzene rings is 2. The summed E-state index contributed by atoms with van der Waals surface area (Å²) >= 11 is 1.57. The molecule has 1 heterocycles. The first-order valence-corrected chi connectivity index (χ1v) is 8.71. The van der Waals surface area contributed by atoms with E-state index in [1.165, 1.54) is 5.39 Å². The van der Waals surface area contributed by atoms with Crippen molar-refractivity contribution >= 4 is 34.5 Å². The highest BCUT2D eigenvalue weighted by Gasteiger charge is 2.23. The Morgan fingerprint density at radius 2 is 2.00 bits per heavy atom. The van der Waals surface area contributed by atoms with E-state index in [0.717, 1.165) is 10.3 Å². The first-order chi connectivity index (χ1) is 11.7. The fourth-order valence-electron chi connectivity index (χ4n) is 2.48. The lowest BCUT2D eigenvalue weighted by Crippen LogP contribution is -2.44. The Kier molecular flexibility index (Phi) is 5.05. The zero-order chi connectivity index (χ0) is 16.9. The fourth-order valence-corrected chi connectivity index (χ4v) is 3.41. The van der Waals surface area contributed by atoms with Gasteiger partial charge in [0.2, 0.25) is 0 Å². The Hall–Kier alpha value is -2.47. The van der Waals surface area contributed by atoms with Gasteiger partial charge in [-0.2, -0.15) is 0 Å². The lowest BCUT2D eigenvalue weighted by Gasteiger charge is -2.21. The molecule has 2 amide bonds. The molecule has 6 heteroatoms. The number of ether oxygens (including phenoxy) is 1. The van der Waals surface area contributed by atoms with Crippen molar-refractivity contribution < 1.29 is 14.3 Å². The third-order valence-corrected chi connectivity index (χ3v) is 4.70. The van der Waals surface area contributed by atoms with Crippen LogP contribution in [0.5, 0.6) is 0 Å². The van der Waals surface area contributed by atoms with Crippen LogP contribution in [-0.4, -0.2) is 30.9 Å². The normalized spacial score (nSPS) is 14.3. The Labute approximate surface area is 144 Å². The van der Waals surface area contributed by atoms with Gasteiger partial charge < -0.3 is 15.4 Å². The topological polar surface area (TPSA) is 67.4 Å². The molecule has 2 aromatic carbocycles. The molecule has 2 N–H and O–H groups in total. The van der Waals surface area contributed by atoms with Crippen molar-refractivity contribution in [3.8, 4) is 0 Å². The number of urea groups is 1. The number of carbonyl (C=O) groups is 2. The van der Waals surface area contributed by atoms with Crippen molar-refractivity contribution in [3.63, 3.8) is 0 Å². The van der Waals surface area contributed by atoms with Gasteiger partial charge in [-0.25, -0.2) is 9.59 Å². The molecule has 0 saturated heterocycles. The standard InChI is InChI=1S/C18H18N2O3S/c1-2-23-17(21)15-10-19-18(22)20-16(15)11-24-14-8-7-12-5-3-4-6-13(12)9-14/h3-9H,2,10-11H2,1H3,(H2,19,20,22). The van der Waals surface area contributed by atoms with Gasteiger partial charge in [0.05, 0.1) is 18.7 Å². The molecular formula is C18H18N2O3S. The minimum Gasteiger partial charge on any atom is -0.463 e. The molecule has 0 spiro atoms. The van der Waals surface area contributed by atoms with E-state index >= 15 is 0 Å². The first-order valence-electron chi connectivity index (χ1n) is 7.73. The number of esters is 1. The van der Waals surface area contributed by atoms with Crippen LogP contribution in [0.15, 0.2) is 58.6 Å². The summed E-state index contributed by atoms with van der Waals surface area (Å²) in [5.41, 5.74) is 1.08. The van der Waals surface area contributed by atoms with Gasteiger partial charge >= 0.3 is 12.0 Å². The summed E-state index contributed by atoms with van der Waals surface area (Å²) in [5.74, 6) is 0.110. The molecule has 0 bridgehead atoms. The molecule has 0 aliphatic carbocycles. The number of thioether (sulfide) groups is 1. The van der Waals surface area contributed by atoms with Gasteiger partial charge in [0, 0.05) is 16.3 Å². The average Bonchev–Trinajstić information content (AvgIpc) is 2.60. The molecule has 0 atom stereocenters. The number of nitrogens with one attached hydrogen (secondary N) is 2. The smallest absolute Gasteiger partial charge is 0.337 e. The second kappa shape index (κ2) is 7.40. The van der Waals surface area contributed by atoms with Crippen molar-refractivity contribution in [2.24, 2.45) is 0 Å². The number of hydrogen-bond acceptors (Lipinski definition) is 4. The number of hydrogen-bond donors (Lipinski definition) is 2. The van der Waals surface area contributed by atoms with Crippen molar-refractivity contribution in [1.29, 1.82) is 0 Å². The molecule has 1 aliphatic rings. The first kappa shape index (κ1) is 16.4. The minimum atomic E-state index is -0.390. The molecule has 24 heavy (non-hydrogen) atoms. The van der Waals surface area contributed by atoms with E-state index in [9.17, 15) is 9.59 Å². The van der Waals surface area contributed by atoms with E-state index in [1.54, 1.807) is 18.7 Å². The Morgan fingerprint density at radius 1 is 1.21 bits per heavy atom. The molecule has 1 aliphatic heterocycles. The van der Waals surface area contributed by atoms with E-state index in [2.05, 4.69) is 34.9 Å². The highest BCUT2D eigenvalue weighted by Crippen LogP contribution is 2.26. The maximum atomic E-state index is 12.0. The maximum Gasteiger partial charge on any atom is 0.337 e. The fraction of sp³-hybridized carbons (Fsp3) is 0.222. The van der Waals surface area contributed by atoms with E-state index in [0.29, 0.717) is 23.6 Å².